The Morgan fingerprint density at radius 2 is 2.20 bits per heavy atom. The maximum Gasteiger partial charge on any atom is 0.417 e. The zero-order chi connectivity index (χ0) is 28.8. The van der Waals surface area contributed by atoms with Gasteiger partial charge in [-0.25, -0.2) is 19.1 Å². The Kier molecular flexibility index (Phi) is 9.12. The fraction of sp³-hybridized carbons (Fsp3) is 0.414. The smallest absolute Gasteiger partial charge is 0.417 e. The summed E-state index contributed by atoms with van der Waals surface area (Å²) in [6.45, 7) is 0.665. The molecule has 2 aliphatic heterocycles. The molecule has 2 N–H and O–H groups in total. The van der Waals surface area contributed by atoms with Crippen LogP contribution in [0.15, 0.2) is 66.3 Å². The van der Waals surface area contributed by atoms with Crippen LogP contribution < -0.4 is 4.74 Å². The van der Waals surface area contributed by atoms with Crippen LogP contribution >= 0.6 is 0 Å². The Morgan fingerprint density at radius 1 is 1.32 bits per heavy atom. The number of carbonyl (C=O) groups is 1. The van der Waals surface area contributed by atoms with Gasteiger partial charge < -0.3 is 29.2 Å². The molecule has 0 aromatic carbocycles. The summed E-state index contributed by atoms with van der Waals surface area (Å²) in [7, 11) is 1.49. The van der Waals surface area contributed by atoms with Gasteiger partial charge in [-0.15, -0.1) is 0 Å². The number of methoxy groups -OCH3 is 1. The minimum atomic E-state index is -0.990. The SMILES string of the molecule is COc1ccc2ncc(F)c(CCCN(C[C@H](O)CO)C[C@@H]3CN(C4=COC=C(C5=CC=CCC5)O4)C(=O)O3)c2n1. The van der Waals surface area contributed by atoms with Gasteiger partial charge in [-0.1, -0.05) is 18.2 Å². The summed E-state index contributed by atoms with van der Waals surface area (Å²) in [6, 6.07) is 3.40. The number of fused-ring (bicyclic) bond motifs is 1. The van der Waals surface area contributed by atoms with Crippen LogP contribution in [-0.2, 0) is 20.6 Å². The van der Waals surface area contributed by atoms with Crippen molar-refractivity contribution in [1.82, 2.24) is 19.8 Å². The highest BCUT2D eigenvalue weighted by atomic mass is 19.1. The summed E-state index contributed by atoms with van der Waals surface area (Å²) < 4.78 is 37.0. The van der Waals surface area contributed by atoms with Gasteiger partial charge in [-0.2, -0.15) is 0 Å². The molecule has 1 fully saturated rings. The average Bonchev–Trinajstić information content (AvgIpc) is 3.37. The molecule has 11 nitrogen and oxygen atoms in total. The van der Waals surface area contributed by atoms with E-state index in [2.05, 4.69) is 16.0 Å². The van der Waals surface area contributed by atoms with E-state index in [1.165, 1.54) is 30.7 Å². The molecule has 1 aliphatic carbocycles. The van der Waals surface area contributed by atoms with E-state index in [1.807, 2.05) is 17.1 Å². The first-order chi connectivity index (χ1) is 19.9. The third-order valence-corrected chi connectivity index (χ3v) is 7.02. The molecule has 218 valence electrons. The molecule has 41 heavy (non-hydrogen) atoms. The molecule has 5 rings (SSSR count). The number of carbonyl (C=O) groups excluding carboxylic acids is 1. The molecule has 0 unspecified atom stereocenters. The Morgan fingerprint density at radius 3 is 2.98 bits per heavy atom. The summed E-state index contributed by atoms with van der Waals surface area (Å²) in [5.74, 6) is 0.676. The van der Waals surface area contributed by atoms with Crippen LogP contribution in [0.4, 0.5) is 9.18 Å². The highest BCUT2D eigenvalue weighted by Crippen LogP contribution is 2.30. The van der Waals surface area contributed by atoms with E-state index >= 15 is 0 Å². The predicted molar refractivity (Wildman–Crippen MR) is 146 cm³/mol. The maximum absolute atomic E-state index is 14.8. The number of aromatic nitrogens is 2. The molecule has 0 bridgehead atoms. The topological polar surface area (TPSA) is 127 Å². The lowest BCUT2D eigenvalue weighted by Crippen LogP contribution is -2.41. The first-order valence-corrected chi connectivity index (χ1v) is 13.5. The van der Waals surface area contributed by atoms with E-state index in [0.29, 0.717) is 47.6 Å². The summed E-state index contributed by atoms with van der Waals surface area (Å²) in [5, 5.41) is 19.6. The van der Waals surface area contributed by atoms with Crippen molar-refractivity contribution in [2.24, 2.45) is 0 Å². The number of ether oxygens (including phenoxy) is 4. The number of rotatable bonds is 12. The zero-order valence-corrected chi connectivity index (χ0v) is 22.7. The summed E-state index contributed by atoms with van der Waals surface area (Å²) in [6.07, 6.45) is 10.5. The highest BCUT2D eigenvalue weighted by molar-refractivity contribution is 5.78. The molecule has 2 atom stereocenters. The zero-order valence-electron chi connectivity index (χ0n) is 22.7. The number of hydrogen-bond acceptors (Lipinski definition) is 10. The van der Waals surface area contributed by atoms with Crippen LogP contribution in [0, 0.1) is 5.82 Å². The van der Waals surface area contributed by atoms with Gasteiger partial charge in [0, 0.05) is 24.7 Å². The second-order valence-corrected chi connectivity index (χ2v) is 9.96. The molecule has 2 aromatic heterocycles. The van der Waals surface area contributed by atoms with Gasteiger partial charge in [0.1, 0.15) is 18.2 Å². The lowest BCUT2D eigenvalue weighted by atomic mass is 10.0. The van der Waals surface area contributed by atoms with E-state index in [-0.39, 0.29) is 25.5 Å². The van der Waals surface area contributed by atoms with Gasteiger partial charge in [-0.3, -0.25) is 9.88 Å². The van der Waals surface area contributed by atoms with Crippen molar-refractivity contribution in [3.63, 3.8) is 0 Å². The van der Waals surface area contributed by atoms with Crippen LogP contribution in [0.25, 0.3) is 11.0 Å². The van der Waals surface area contributed by atoms with Gasteiger partial charge in [0.25, 0.3) is 0 Å². The lowest BCUT2D eigenvalue weighted by molar-refractivity contribution is 0.0423. The average molecular weight is 569 g/mol. The number of amides is 1. The van der Waals surface area contributed by atoms with Gasteiger partial charge in [0.2, 0.25) is 11.8 Å². The number of aliphatic hydroxyl groups excluding tert-OH is 2. The Bertz CT molecular complexity index is 1390. The molecule has 4 heterocycles. The Hall–Kier alpha value is -4.00. The van der Waals surface area contributed by atoms with Gasteiger partial charge in [0.15, 0.2) is 12.0 Å². The van der Waals surface area contributed by atoms with Crippen LogP contribution in [0.1, 0.15) is 24.8 Å². The number of cyclic esters (lactones) is 1. The van der Waals surface area contributed by atoms with Crippen LogP contribution in [0.3, 0.4) is 0 Å². The second-order valence-electron chi connectivity index (χ2n) is 9.96. The Balaban J connectivity index is 1.22. The molecule has 0 radical (unpaired) electrons. The molecule has 2 aromatic rings. The highest BCUT2D eigenvalue weighted by Gasteiger charge is 2.37. The summed E-state index contributed by atoms with van der Waals surface area (Å²) in [4.78, 5) is 24.5. The van der Waals surface area contributed by atoms with Gasteiger partial charge >= 0.3 is 6.09 Å². The van der Waals surface area contributed by atoms with Crippen molar-refractivity contribution in [3.8, 4) is 5.88 Å². The maximum atomic E-state index is 14.8. The van der Waals surface area contributed by atoms with Crippen molar-refractivity contribution in [2.75, 3.05) is 39.9 Å². The normalized spacial score (nSPS) is 19.3. The molecular formula is C29H33FN4O7. The number of hydrogen-bond donors (Lipinski definition) is 2. The van der Waals surface area contributed by atoms with Crippen molar-refractivity contribution >= 4 is 17.1 Å². The van der Waals surface area contributed by atoms with Crippen molar-refractivity contribution < 1.29 is 38.3 Å². The number of nitrogens with zero attached hydrogens (tertiary/aromatic N) is 4. The first kappa shape index (κ1) is 28.5. The van der Waals surface area contributed by atoms with E-state index in [9.17, 15) is 19.4 Å². The number of allylic oxidation sites excluding steroid dienone is 4. The third kappa shape index (κ3) is 6.84. The van der Waals surface area contributed by atoms with Crippen LogP contribution in [-0.4, -0.2) is 88.2 Å². The molecule has 1 saturated heterocycles. The monoisotopic (exact) mass is 568 g/mol. The fourth-order valence-electron chi connectivity index (χ4n) is 4.99. The fourth-order valence-corrected chi connectivity index (χ4v) is 4.99. The van der Waals surface area contributed by atoms with E-state index < -0.39 is 30.7 Å². The molecule has 0 spiro atoms. The predicted octanol–water partition coefficient (Wildman–Crippen LogP) is 3.15. The lowest BCUT2D eigenvalue weighted by Gasteiger charge is -2.26. The van der Waals surface area contributed by atoms with Crippen LogP contribution in [0.5, 0.6) is 5.88 Å². The quantitative estimate of drug-likeness (QED) is 0.394. The molecular weight excluding hydrogens is 535 g/mol. The molecule has 1 amide bonds. The van der Waals surface area contributed by atoms with Crippen molar-refractivity contribution in [2.45, 2.75) is 37.9 Å². The summed E-state index contributed by atoms with van der Waals surface area (Å²) in [5.41, 5.74) is 2.38. The summed E-state index contributed by atoms with van der Waals surface area (Å²) >= 11 is 0. The standard InChI is InChI=1S/C29H33FN4O7/c1-38-26-10-9-24-28(32-26)22(23(30)12-31-24)8-5-11-33(13-20(36)16-35)14-21-15-34(29(37)40-21)27-18-39-17-25(41-27)19-6-3-2-4-7-19/h2-3,6,9-10,12,17-18,20-21,35-36H,4-5,7-8,11,13-16H2,1H3/t20-,21+/m0/s1. The number of halogens is 1. The minimum absolute atomic E-state index is 0.146. The minimum Gasteiger partial charge on any atom is -0.481 e. The van der Waals surface area contributed by atoms with E-state index in [1.54, 1.807) is 12.1 Å². The van der Waals surface area contributed by atoms with E-state index in [0.717, 1.165) is 18.4 Å². The first-order valence-electron chi connectivity index (χ1n) is 13.5. The second kappa shape index (κ2) is 13.1. The van der Waals surface area contributed by atoms with Crippen molar-refractivity contribution in [1.29, 1.82) is 0 Å². The van der Waals surface area contributed by atoms with Gasteiger partial charge in [-0.05, 0) is 43.9 Å². The van der Waals surface area contributed by atoms with Crippen LogP contribution in [0.2, 0.25) is 0 Å². The van der Waals surface area contributed by atoms with Crippen molar-refractivity contribution in [3.05, 3.63) is 77.7 Å². The largest absolute Gasteiger partial charge is 0.481 e. The van der Waals surface area contributed by atoms with E-state index in [4.69, 9.17) is 18.9 Å². The number of aryl methyl sites for hydroxylation is 1. The molecule has 3 aliphatic rings. The molecule has 12 heteroatoms. The Labute approximate surface area is 236 Å². The molecule has 0 saturated carbocycles. The third-order valence-electron chi connectivity index (χ3n) is 7.02. The van der Waals surface area contributed by atoms with Gasteiger partial charge in [0.05, 0.1) is 43.6 Å². The number of aliphatic hydroxyl groups is 2. The number of pyridine rings is 2.